The van der Waals surface area contributed by atoms with Crippen molar-refractivity contribution in [2.75, 3.05) is 11.1 Å². The van der Waals surface area contributed by atoms with Crippen molar-refractivity contribution in [3.63, 3.8) is 0 Å². The minimum Gasteiger partial charge on any atom is -0.451 e. The summed E-state index contributed by atoms with van der Waals surface area (Å²) >= 11 is 1.41. The molecule has 0 atom stereocenters. The molecule has 106 valence electrons. The second-order valence-corrected chi connectivity index (χ2v) is 5.75. The fourth-order valence-corrected chi connectivity index (χ4v) is 2.54. The molecule has 0 unspecified atom stereocenters. The number of nitrogens with zero attached hydrogens (tertiary/aromatic N) is 1. The van der Waals surface area contributed by atoms with Gasteiger partial charge in [0.25, 0.3) is 5.91 Å². The maximum absolute atomic E-state index is 12.1. The van der Waals surface area contributed by atoms with Gasteiger partial charge in [0.15, 0.2) is 10.9 Å². The van der Waals surface area contributed by atoms with E-state index in [1.165, 1.54) is 11.3 Å². The van der Waals surface area contributed by atoms with Gasteiger partial charge in [0.2, 0.25) is 0 Å². The van der Waals surface area contributed by atoms with Gasteiger partial charge in [0.05, 0.1) is 0 Å². The number of amides is 1. The Hall–Kier alpha value is -2.60. The third kappa shape index (κ3) is 2.95. The number of hydrogen-bond donors (Lipinski definition) is 2. The Labute approximate surface area is 125 Å². The van der Waals surface area contributed by atoms with Gasteiger partial charge >= 0.3 is 0 Å². The number of thiazole rings is 1. The van der Waals surface area contributed by atoms with E-state index in [9.17, 15) is 4.79 Å². The standard InChI is InChI=1S/C15H13N3O2S/c1-9-8-17-15(21-9)18-14(19)13-6-5-12(20-13)10-3-2-4-11(16)7-10/h2-8H,16H2,1H3,(H,17,18,19). The molecule has 2 aromatic heterocycles. The van der Waals surface area contributed by atoms with Crippen molar-refractivity contribution in [1.82, 2.24) is 4.98 Å². The molecule has 2 heterocycles. The van der Waals surface area contributed by atoms with Crippen molar-refractivity contribution in [3.8, 4) is 11.3 Å². The molecule has 0 spiro atoms. The van der Waals surface area contributed by atoms with Crippen molar-refractivity contribution < 1.29 is 9.21 Å². The highest BCUT2D eigenvalue weighted by Crippen LogP contribution is 2.25. The molecule has 3 N–H and O–H groups in total. The normalized spacial score (nSPS) is 10.5. The first-order valence-electron chi connectivity index (χ1n) is 6.31. The van der Waals surface area contributed by atoms with Gasteiger partial charge < -0.3 is 10.2 Å². The Morgan fingerprint density at radius 3 is 2.90 bits per heavy atom. The van der Waals surface area contributed by atoms with Crippen molar-refractivity contribution in [1.29, 1.82) is 0 Å². The van der Waals surface area contributed by atoms with Crippen LogP contribution in [-0.2, 0) is 0 Å². The maximum atomic E-state index is 12.1. The Balaban J connectivity index is 1.80. The predicted molar refractivity (Wildman–Crippen MR) is 83.4 cm³/mol. The highest BCUT2D eigenvalue weighted by molar-refractivity contribution is 7.15. The van der Waals surface area contributed by atoms with Crippen molar-refractivity contribution in [2.45, 2.75) is 6.92 Å². The van der Waals surface area contributed by atoms with Gasteiger partial charge in [-0.25, -0.2) is 4.98 Å². The van der Waals surface area contributed by atoms with E-state index in [2.05, 4.69) is 10.3 Å². The topological polar surface area (TPSA) is 81.2 Å². The van der Waals surface area contributed by atoms with Crippen LogP contribution in [0.15, 0.2) is 47.0 Å². The molecule has 5 nitrogen and oxygen atoms in total. The fraction of sp³-hybridized carbons (Fsp3) is 0.0667. The summed E-state index contributed by atoms with van der Waals surface area (Å²) < 4.78 is 5.57. The monoisotopic (exact) mass is 299 g/mol. The Morgan fingerprint density at radius 2 is 2.19 bits per heavy atom. The van der Waals surface area contributed by atoms with E-state index in [1.807, 2.05) is 19.1 Å². The lowest BCUT2D eigenvalue weighted by atomic mass is 10.1. The maximum Gasteiger partial charge on any atom is 0.293 e. The number of carbonyl (C=O) groups is 1. The minimum absolute atomic E-state index is 0.236. The second kappa shape index (κ2) is 5.41. The highest BCUT2D eigenvalue weighted by atomic mass is 32.1. The first-order chi connectivity index (χ1) is 10.1. The zero-order valence-electron chi connectivity index (χ0n) is 11.3. The third-order valence-corrected chi connectivity index (χ3v) is 3.67. The molecule has 3 aromatic rings. The van der Waals surface area contributed by atoms with Crippen LogP contribution in [-0.4, -0.2) is 10.9 Å². The molecule has 6 heteroatoms. The summed E-state index contributed by atoms with van der Waals surface area (Å²) in [6.45, 7) is 1.93. The molecular weight excluding hydrogens is 286 g/mol. The molecule has 0 aliphatic carbocycles. The van der Waals surface area contributed by atoms with Crippen molar-refractivity contribution in [2.24, 2.45) is 0 Å². The summed E-state index contributed by atoms with van der Waals surface area (Å²) in [5.41, 5.74) is 7.22. The van der Waals surface area contributed by atoms with E-state index >= 15 is 0 Å². The van der Waals surface area contributed by atoms with Crippen LogP contribution in [0.4, 0.5) is 10.8 Å². The third-order valence-electron chi connectivity index (χ3n) is 2.84. The SMILES string of the molecule is Cc1cnc(NC(=O)c2ccc(-c3cccc(N)c3)o2)s1. The minimum atomic E-state index is -0.320. The number of nitrogens with two attached hydrogens (primary N) is 1. The summed E-state index contributed by atoms with van der Waals surface area (Å²) in [5.74, 6) is 0.516. The van der Waals surface area contributed by atoms with Gasteiger partial charge in [-0.15, -0.1) is 11.3 Å². The van der Waals surface area contributed by atoms with Crippen LogP contribution in [0.2, 0.25) is 0 Å². The van der Waals surface area contributed by atoms with Gasteiger partial charge in [0.1, 0.15) is 5.76 Å². The number of rotatable bonds is 3. The molecule has 3 rings (SSSR count). The number of aryl methyl sites for hydroxylation is 1. The molecule has 1 aromatic carbocycles. The van der Waals surface area contributed by atoms with Gasteiger partial charge in [-0.3, -0.25) is 10.1 Å². The zero-order chi connectivity index (χ0) is 14.8. The van der Waals surface area contributed by atoms with Gasteiger partial charge in [-0.1, -0.05) is 12.1 Å². The quantitative estimate of drug-likeness (QED) is 0.725. The Bertz CT molecular complexity index is 792. The number of nitrogens with one attached hydrogen (secondary N) is 1. The number of benzene rings is 1. The lowest BCUT2D eigenvalue weighted by molar-refractivity contribution is 0.0997. The Morgan fingerprint density at radius 1 is 1.33 bits per heavy atom. The van der Waals surface area contributed by atoms with Crippen LogP contribution in [0.5, 0.6) is 0 Å². The van der Waals surface area contributed by atoms with Crippen LogP contribution >= 0.6 is 11.3 Å². The van der Waals surface area contributed by atoms with Crippen LogP contribution in [0.3, 0.4) is 0 Å². The summed E-state index contributed by atoms with van der Waals surface area (Å²) in [4.78, 5) is 17.2. The molecule has 0 bridgehead atoms. The number of nitrogen functional groups attached to an aromatic ring is 1. The number of anilines is 2. The van der Waals surface area contributed by atoms with Gasteiger partial charge in [-0.05, 0) is 31.2 Å². The predicted octanol–water partition coefficient (Wildman–Crippen LogP) is 3.55. The van der Waals surface area contributed by atoms with Gasteiger partial charge in [-0.2, -0.15) is 0 Å². The van der Waals surface area contributed by atoms with Crippen LogP contribution < -0.4 is 11.1 Å². The van der Waals surface area contributed by atoms with Gasteiger partial charge in [0, 0.05) is 22.3 Å². The second-order valence-electron chi connectivity index (χ2n) is 4.52. The fourth-order valence-electron chi connectivity index (χ4n) is 1.88. The van der Waals surface area contributed by atoms with Crippen LogP contribution in [0, 0.1) is 6.92 Å². The summed E-state index contributed by atoms with van der Waals surface area (Å²) in [5, 5.41) is 3.26. The molecule has 1 amide bonds. The summed E-state index contributed by atoms with van der Waals surface area (Å²) in [6, 6.07) is 10.7. The van der Waals surface area contributed by atoms with E-state index in [-0.39, 0.29) is 11.7 Å². The lowest BCUT2D eigenvalue weighted by Crippen LogP contribution is -2.10. The molecule has 0 aliphatic heterocycles. The number of carbonyl (C=O) groups excluding carboxylic acids is 1. The molecular formula is C15H13N3O2S. The molecule has 21 heavy (non-hydrogen) atoms. The zero-order valence-corrected chi connectivity index (χ0v) is 12.1. The smallest absolute Gasteiger partial charge is 0.293 e. The summed E-state index contributed by atoms with van der Waals surface area (Å²) in [6.07, 6.45) is 1.71. The lowest BCUT2D eigenvalue weighted by Gasteiger charge is -1.99. The number of hydrogen-bond acceptors (Lipinski definition) is 5. The van der Waals surface area contributed by atoms with E-state index < -0.39 is 0 Å². The van der Waals surface area contributed by atoms with Crippen molar-refractivity contribution >= 4 is 28.1 Å². The van der Waals surface area contributed by atoms with E-state index in [1.54, 1.807) is 30.5 Å². The Kier molecular flexibility index (Phi) is 3.45. The van der Waals surface area contributed by atoms with E-state index in [4.69, 9.17) is 10.2 Å². The van der Waals surface area contributed by atoms with Crippen molar-refractivity contribution in [3.05, 3.63) is 53.2 Å². The average Bonchev–Trinajstić information content (AvgIpc) is 3.08. The van der Waals surface area contributed by atoms with Crippen LogP contribution in [0.1, 0.15) is 15.4 Å². The first kappa shape index (κ1) is 13.4. The highest BCUT2D eigenvalue weighted by Gasteiger charge is 2.13. The average molecular weight is 299 g/mol. The number of aromatic nitrogens is 1. The molecule has 0 aliphatic rings. The van der Waals surface area contributed by atoms with Crippen LogP contribution in [0.25, 0.3) is 11.3 Å². The molecule has 0 saturated heterocycles. The number of furan rings is 1. The molecule has 0 radical (unpaired) electrons. The largest absolute Gasteiger partial charge is 0.451 e. The first-order valence-corrected chi connectivity index (χ1v) is 7.13. The summed E-state index contributed by atoms with van der Waals surface area (Å²) in [7, 11) is 0. The van der Waals surface area contributed by atoms with E-state index in [0.29, 0.717) is 16.6 Å². The van der Waals surface area contributed by atoms with E-state index in [0.717, 1.165) is 10.4 Å². The molecule has 0 fully saturated rings. The molecule has 0 saturated carbocycles.